The number of hydrogen-bond donors (Lipinski definition) is 0. The second kappa shape index (κ2) is 8.14. The Hall–Kier alpha value is -0.610. The molecular weight excluding hydrogens is 262 g/mol. The Morgan fingerprint density at radius 3 is 2.10 bits per heavy atom. The Morgan fingerprint density at radius 2 is 1.57 bits per heavy atom. The molecule has 122 valence electrons. The molecule has 1 amide bonds. The van der Waals surface area contributed by atoms with Gasteiger partial charge in [0.1, 0.15) is 0 Å². The minimum absolute atomic E-state index is 0.149. The molecule has 0 atom stereocenters. The van der Waals surface area contributed by atoms with Crippen molar-refractivity contribution in [3.8, 4) is 0 Å². The molecule has 0 bridgehead atoms. The number of rotatable bonds is 5. The van der Waals surface area contributed by atoms with Gasteiger partial charge < -0.3 is 14.7 Å². The Morgan fingerprint density at radius 1 is 1.00 bits per heavy atom. The highest BCUT2D eigenvalue weighted by molar-refractivity contribution is 5.78. The molecule has 2 saturated heterocycles. The first kappa shape index (κ1) is 16.8. The first-order valence-corrected chi connectivity index (χ1v) is 8.83. The molecular formula is C17H33N3O. The second-order valence-corrected chi connectivity index (χ2v) is 6.99. The van der Waals surface area contributed by atoms with E-state index in [0.717, 1.165) is 19.0 Å². The molecule has 4 heteroatoms. The van der Waals surface area contributed by atoms with Crippen LogP contribution >= 0.6 is 0 Å². The van der Waals surface area contributed by atoms with Crippen molar-refractivity contribution in [2.45, 2.75) is 40.0 Å². The summed E-state index contributed by atoms with van der Waals surface area (Å²) in [4.78, 5) is 19.2. The lowest BCUT2D eigenvalue weighted by Crippen LogP contribution is -2.47. The van der Waals surface area contributed by atoms with E-state index in [-0.39, 0.29) is 5.92 Å². The number of likely N-dealkylation sites (N-methyl/N-ethyl adjacent to an activating group) is 1. The summed E-state index contributed by atoms with van der Waals surface area (Å²) < 4.78 is 0. The van der Waals surface area contributed by atoms with Crippen molar-refractivity contribution in [2.24, 2.45) is 11.8 Å². The normalized spacial score (nSPS) is 23.0. The predicted octanol–water partition coefficient (Wildman–Crippen LogP) is 1.91. The molecule has 0 aliphatic carbocycles. The predicted molar refractivity (Wildman–Crippen MR) is 87.3 cm³/mol. The first-order chi connectivity index (χ1) is 10.1. The van der Waals surface area contributed by atoms with E-state index in [9.17, 15) is 4.79 Å². The number of carbonyl (C=O) groups excluding carboxylic acids is 1. The molecule has 2 aliphatic heterocycles. The molecule has 0 aromatic carbocycles. The van der Waals surface area contributed by atoms with E-state index < -0.39 is 0 Å². The highest BCUT2D eigenvalue weighted by Gasteiger charge is 2.24. The van der Waals surface area contributed by atoms with Crippen molar-refractivity contribution in [3.63, 3.8) is 0 Å². The number of nitrogens with zero attached hydrogens (tertiary/aromatic N) is 3. The highest BCUT2D eigenvalue weighted by Crippen LogP contribution is 2.22. The van der Waals surface area contributed by atoms with Gasteiger partial charge in [-0.2, -0.15) is 0 Å². The molecule has 4 nitrogen and oxygen atoms in total. The van der Waals surface area contributed by atoms with Crippen LogP contribution < -0.4 is 0 Å². The van der Waals surface area contributed by atoms with Crippen molar-refractivity contribution in [1.82, 2.24) is 14.7 Å². The van der Waals surface area contributed by atoms with Gasteiger partial charge in [-0.05, 0) is 38.3 Å². The number of likely N-dealkylation sites (tertiary alicyclic amines) is 1. The van der Waals surface area contributed by atoms with Gasteiger partial charge in [-0.25, -0.2) is 0 Å². The van der Waals surface area contributed by atoms with Gasteiger partial charge in [0.05, 0.1) is 0 Å². The van der Waals surface area contributed by atoms with E-state index >= 15 is 0 Å². The van der Waals surface area contributed by atoms with Gasteiger partial charge in [0.25, 0.3) is 0 Å². The Kier molecular flexibility index (Phi) is 6.49. The number of piperazine rings is 1. The summed E-state index contributed by atoms with van der Waals surface area (Å²) in [5.74, 6) is 1.31. The minimum Gasteiger partial charge on any atom is -0.342 e. The van der Waals surface area contributed by atoms with Gasteiger partial charge in [-0.1, -0.05) is 20.8 Å². The summed E-state index contributed by atoms with van der Waals surface area (Å²) in [5.41, 5.74) is 0. The van der Waals surface area contributed by atoms with Crippen LogP contribution in [-0.2, 0) is 4.79 Å². The zero-order valence-corrected chi connectivity index (χ0v) is 14.2. The molecule has 0 aromatic rings. The molecule has 0 radical (unpaired) electrons. The maximum Gasteiger partial charge on any atom is 0.225 e. The molecule has 2 fully saturated rings. The van der Waals surface area contributed by atoms with Crippen molar-refractivity contribution in [2.75, 3.05) is 52.4 Å². The van der Waals surface area contributed by atoms with Crippen LogP contribution in [0.1, 0.15) is 40.0 Å². The second-order valence-electron chi connectivity index (χ2n) is 6.99. The van der Waals surface area contributed by atoms with Gasteiger partial charge >= 0.3 is 0 Å². The summed E-state index contributed by atoms with van der Waals surface area (Å²) in [6.07, 6.45) is 3.72. The lowest BCUT2D eigenvalue weighted by atomic mass is 9.92. The molecule has 0 spiro atoms. The molecule has 2 heterocycles. The molecule has 0 aromatic heterocycles. The third-order valence-electron chi connectivity index (χ3n) is 5.19. The average molecular weight is 295 g/mol. The van der Waals surface area contributed by atoms with Crippen LogP contribution in [0.2, 0.25) is 0 Å². The Bertz CT molecular complexity index is 316. The van der Waals surface area contributed by atoms with E-state index in [1.165, 1.54) is 58.5 Å². The maximum absolute atomic E-state index is 12.0. The highest BCUT2D eigenvalue weighted by atomic mass is 16.2. The lowest BCUT2D eigenvalue weighted by molar-refractivity contribution is -0.135. The topological polar surface area (TPSA) is 26.8 Å². The fourth-order valence-corrected chi connectivity index (χ4v) is 3.50. The average Bonchev–Trinajstić information content (AvgIpc) is 2.53. The van der Waals surface area contributed by atoms with E-state index in [4.69, 9.17) is 0 Å². The summed E-state index contributed by atoms with van der Waals surface area (Å²) in [7, 11) is 0. The number of piperidine rings is 1. The summed E-state index contributed by atoms with van der Waals surface area (Å²) in [6.45, 7) is 15.6. The fraction of sp³-hybridized carbons (Fsp3) is 0.941. The summed E-state index contributed by atoms with van der Waals surface area (Å²) >= 11 is 0. The van der Waals surface area contributed by atoms with Gasteiger partial charge in [0, 0.05) is 45.2 Å². The third-order valence-corrected chi connectivity index (χ3v) is 5.19. The number of amides is 1. The first-order valence-electron chi connectivity index (χ1n) is 8.83. The summed E-state index contributed by atoms with van der Waals surface area (Å²) in [6, 6.07) is 0. The molecule has 2 rings (SSSR count). The molecule has 0 N–H and O–H groups in total. The lowest BCUT2D eigenvalue weighted by Gasteiger charge is -2.36. The molecule has 2 aliphatic rings. The fourth-order valence-electron chi connectivity index (χ4n) is 3.50. The van der Waals surface area contributed by atoms with Crippen LogP contribution in [0, 0.1) is 11.8 Å². The molecule has 21 heavy (non-hydrogen) atoms. The van der Waals surface area contributed by atoms with Crippen molar-refractivity contribution >= 4 is 5.91 Å². The molecule has 0 unspecified atom stereocenters. The van der Waals surface area contributed by atoms with Crippen LogP contribution in [0.15, 0.2) is 0 Å². The maximum atomic E-state index is 12.0. The van der Waals surface area contributed by atoms with E-state index in [1.807, 2.05) is 13.8 Å². The van der Waals surface area contributed by atoms with Crippen molar-refractivity contribution < 1.29 is 4.79 Å². The van der Waals surface area contributed by atoms with Crippen LogP contribution in [0.4, 0.5) is 0 Å². The van der Waals surface area contributed by atoms with E-state index in [1.54, 1.807) is 0 Å². The quantitative estimate of drug-likeness (QED) is 0.775. The Labute approximate surface area is 130 Å². The van der Waals surface area contributed by atoms with Crippen molar-refractivity contribution in [1.29, 1.82) is 0 Å². The van der Waals surface area contributed by atoms with Gasteiger partial charge in [0.15, 0.2) is 0 Å². The SMILES string of the molecule is CCN1CCN(CCC2CCN(C(=O)C(C)C)CC2)CC1. The largest absolute Gasteiger partial charge is 0.342 e. The number of hydrogen-bond acceptors (Lipinski definition) is 3. The monoisotopic (exact) mass is 295 g/mol. The third kappa shape index (κ3) is 4.96. The zero-order chi connectivity index (χ0) is 15.2. The van der Waals surface area contributed by atoms with Crippen molar-refractivity contribution in [3.05, 3.63) is 0 Å². The summed E-state index contributed by atoms with van der Waals surface area (Å²) in [5, 5.41) is 0. The standard InChI is InChI=1S/C17H33N3O/c1-4-18-11-13-19(14-12-18)8-5-16-6-9-20(10-7-16)17(21)15(2)3/h15-16H,4-14H2,1-3H3. The van der Waals surface area contributed by atoms with Gasteiger partial charge in [0.2, 0.25) is 5.91 Å². The van der Waals surface area contributed by atoms with E-state index in [2.05, 4.69) is 21.6 Å². The smallest absolute Gasteiger partial charge is 0.225 e. The van der Waals surface area contributed by atoms with Gasteiger partial charge in [-0.3, -0.25) is 4.79 Å². The van der Waals surface area contributed by atoms with Crippen LogP contribution in [0.5, 0.6) is 0 Å². The molecule has 0 saturated carbocycles. The van der Waals surface area contributed by atoms with E-state index in [0.29, 0.717) is 5.91 Å². The van der Waals surface area contributed by atoms with Crippen LogP contribution in [0.25, 0.3) is 0 Å². The van der Waals surface area contributed by atoms with Crippen LogP contribution in [0.3, 0.4) is 0 Å². The Balaban J connectivity index is 1.62. The minimum atomic E-state index is 0.149. The number of carbonyl (C=O) groups is 1. The van der Waals surface area contributed by atoms with Gasteiger partial charge in [-0.15, -0.1) is 0 Å². The zero-order valence-electron chi connectivity index (χ0n) is 14.2. The van der Waals surface area contributed by atoms with Crippen LogP contribution in [-0.4, -0.2) is 73.0 Å².